The Balaban J connectivity index is 2.18. The SMILES string of the molecule is CNc1ccc(C)cc1C(=O)NC(C)c1ncc(C)s1. The maximum atomic E-state index is 12.4. The van der Waals surface area contributed by atoms with Crippen LogP contribution in [0.2, 0.25) is 0 Å². The molecule has 0 aliphatic rings. The van der Waals surface area contributed by atoms with E-state index in [4.69, 9.17) is 0 Å². The number of nitrogens with zero attached hydrogens (tertiary/aromatic N) is 1. The Bertz CT molecular complexity index is 621. The Morgan fingerprint density at radius 2 is 2.10 bits per heavy atom. The summed E-state index contributed by atoms with van der Waals surface area (Å²) >= 11 is 1.60. The van der Waals surface area contributed by atoms with Gasteiger partial charge >= 0.3 is 0 Å². The molecule has 1 unspecified atom stereocenters. The van der Waals surface area contributed by atoms with Gasteiger partial charge in [-0.05, 0) is 32.9 Å². The average molecular weight is 289 g/mol. The van der Waals surface area contributed by atoms with E-state index in [2.05, 4.69) is 15.6 Å². The molecule has 0 bridgehead atoms. The normalized spacial score (nSPS) is 12.0. The minimum atomic E-state index is -0.0913. The maximum Gasteiger partial charge on any atom is 0.253 e. The smallest absolute Gasteiger partial charge is 0.253 e. The zero-order valence-corrected chi connectivity index (χ0v) is 13.0. The summed E-state index contributed by atoms with van der Waals surface area (Å²) in [5, 5.41) is 6.97. The van der Waals surface area contributed by atoms with Gasteiger partial charge in [0, 0.05) is 23.8 Å². The number of carbonyl (C=O) groups is 1. The second kappa shape index (κ2) is 6.05. The van der Waals surface area contributed by atoms with Gasteiger partial charge in [0.2, 0.25) is 0 Å². The van der Waals surface area contributed by atoms with Gasteiger partial charge in [0.25, 0.3) is 5.91 Å². The highest BCUT2D eigenvalue weighted by molar-refractivity contribution is 7.11. The van der Waals surface area contributed by atoms with Crippen LogP contribution >= 0.6 is 11.3 Å². The summed E-state index contributed by atoms with van der Waals surface area (Å²) in [6.07, 6.45) is 1.83. The molecule has 0 fully saturated rings. The molecule has 20 heavy (non-hydrogen) atoms. The summed E-state index contributed by atoms with van der Waals surface area (Å²) in [5.74, 6) is -0.0848. The minimum Gasteiger partial charge on any atom is -0.387 e. The van der Waals surface area contributed by atoms with Crippen LogP contribution in [0, 0.1) is 13.8 Å². The molecule has 1 aromatic carbocycles. The van der Waals surface area contributed by atoms with E-state index in [1.54, 1.807) is 11.3 Å². The van der Waals surface area contributed by atoms with Crippen molar-refractivity contribution < 1.29 is 4.79 Å². The van der Waals surface area contributed by atoms with Crippen LogP contribution in [0.3, 0.4) is 0 Å². The highest BCUT2D eigenvalue weighted by atomic mass is 32.1. The number of hydrogen-bond donors (Lipinski definition) is 2. The predicted molar refractivity (Wildman–Crippen MR) is 83.5 cm³/mol. The first-order chi connectivity index (χ1) is 9.51. The van der Waals surface area contributed by atoms with E-state index in [1.807, 2.05) is 52.2 Å². The van der Waals surface area contributed by atoms with Crippen molar-refractivity contribution in [3.05, 3.63) is 45.4 Å². The number of thiazole rings is 1. The number of hydrogen-bond acceptors (Lipinski definition) is 4. The molecule has 0 radical (unpaired) electrons. The molecule has 1 atom stereocenters. The molecular formula is C15H19N3OS. The van der Waals surface area contributed by atoms with Gasteiger partial charge in [-0.25, -0.2) is 4.98 Å². The van der Waals surface area contributed by atoms with Crippen LogP contribution < -0.4 is 10.6 Å². The zero-order valence-electron chi connectivity index (χ0n) is 12.2. The highest BCUT2D eigenvalue weighted by Gasteiger charge is 2.16. The minimum absolute atomic E-state index is 0.0848. The van der Waals surface area contributed by atoms with E-state index >= 15 is 0 Å². The van der Waals surface area contributed by atoms with Crippen molar-refractivity contribution in [2.24, 2.45) is 0 Å². The molecule has 2 rings (SSSR count). The molecule has 0 aliphatic carbocycles. The van der Waals surface area contributed by atoms with E-state index in [0.717, 1.165) is 21.1 Å². The van der Waals surface area contributed by atoms with Crippen molar-refractivity contribution >= 4 is 22.9 Å². The Kier molecular flexibility index (Phi) is 4.39. The number of benzene rings is 1. The lowest BCUT2D eigenvalue weighted by atomic mass is 10.1. The lowest BCUT2D eigenvalue weighted by Crippen LogP contribution is -2.27. The number of aryl methyl sites for hydroxylation is 2. The molecule has 0 saturated heterocycles. The first-order valence-corrected chi connectivity index (χ1v) is 7.34. The zero-order chi connectivity index (χ0) is 14.7. The molecular weight excluding hydrogens is 270 g/mol. The number of nitrogens with one attached hydrogen (secondary N) is 2. The number of anilines is 1. The quantitative estimate of drug-likeness (QED) is 0.908. The van der Waals surface area contributed by atoms with Crippen molar-refractivity contribution in [3.8, 4) is 0 Å². The third kappa shape index (κ3) is 3.17. The molecule has 1 amide bonds. The van der Waals surface area contributed by atoms with Gasteiger partial charge in [0.05, 0.1) is 11.6 Å². The molecule has 4 nitrogen and oxygen atoms in total. The average Bonchev–Trinajstić information content (AvgIpc) is 2.85. The van der Waals surface area contributed by atoms with Crippen LogP contribution in [-0.2, 0) is 0 Å². The van der Waals surface area contributed by atoms with Gasteiger partial charge in [0.15, 0.2) is 0 Å². The lowest BCUT2D eigenvalue weighted by molar-refractivity contribution is 0.0940. The lowest BCUT2D eigenvalue weighted by Gasteiger charge is -2.14. The summed E-state index contributed by atoms with van der Waals surface area (Å²) in [6.45, 7) is 5.93. The third-order valence-corrected chi connectivity index (χ3v) is 4.14. The summed E-state index contributed by atoms with van der Waals surface area (Å²) < 4.78 is 0. The van der Waals surface area contributed by atoms with Gasteiger partial charge in [-0.1, -0.05) is 11.6 Å². The molecule has 106 valence electrons. The van der Waals surface area contributed by atoms with E-state index in [1.165, 1.54) is 0 Å². The third-order valence-electron chi connectivity index (χ3n) is 3.05. The monoisotopic (exact) mass is 289 g/mol. The Morgan fingerprint density at radius 1 is 1.35 bits per heavy atom. The molecule has 0 saturated carbocycles. The van der Waals surface area contributed by atoms with Crippen LogP contribution in [0.1, 0.15) is 38.8 Å². The second-order valence-electron chi connectivity index (χ2n) is 4.80. The second-order valence-corrected chi connectivity index (χ2v) is 6.07. The summed E-state index contributed by atoms with van der Waals surface area (Å²) in [5.41, 5.74) is 2.55. The van der Waals surface area contributed by atoms with Crippen LogP contribution in [0.25, 0.3) is 0 Å². The first kappa shape index (κ1) is 14.5. The van der Waals surface area contributed by atoms with E-state index in [9.17, 15) is 4.79 Å². The van der Waals surface area contributed by atoms with Gasteiger partial charge in [0.1, 0.15) is 5.01 Å². The largest absolute Gasteiger partial charge is 0.387 e. The maximum absolute atomic E-state index is 12.4. The first-order valence-electron chi connectivity index (χ1n) is 6.53. The molecule has 2 N–H and O–H groups in total. The van der Waals surface area contributed by atoms with Crippen LogP contribution in [0.4, 0.5) is 5.69 Å². The van der Waals surface area contributed by atoms with Crippen molar-refractivity contribution in [2.75, 3.05) is 12.4 Å². The molecule has 2 aromatic rings. The van der Waals surface area contributed by atoms with Gasteiger partial charge in [-0.15, -0.1) is 11.3 Å². The summed E-state index contributed by atoms with van der Waals surface area (Å²) in [4.78, 5) is 17.8. The molecule has 0 spiro atoms. The van der Waals surface area contributed by atoms with Crippen molar-refractivity contribution in [1.82, 2.24) is 10.3 Å². The number of amides is 1. The molecule has 0 aliphatic heterocycles. The Morgan fingerprint density at radius 3 is 2.70 bits per heavy atom. The fourth-order valence-electron chi connectivity index (χ4n) is 1.97. The summed E-state index contributed by atoms with van der Waals surface area (Å²) in [7, 11) is 1.81. The van der Waals surface area contributed by atoms with Gasteiger partial charge < -0.3 is 10.6 Å². The fraction of sp³-hybridized carbons (Fsp3) is 0.333. The van der Waals surface area contributed by atoms with Crippen LogP contribution in [0.15, 0.2) is 24.4 Å². The van der Waals surface area contributed by atoms with Crippen molar-refractivity contribution in [3.63, 3.8) is 0 Å². The standard InChI is InChI=1S/C15H19N3OS/c1-9-5-6-13(16-4)12(7-9)14(19)18-11(3)15-17-8-10(2)20-15/h5-8,11,16H,1-4H3,(H,18,19). The van der Waals surface area contributed by atoms with Gasteiger partial charge in [-0.2, -0.15) is 0 Å². The van der Waals surface area contributed by atoms with Crippen LogP contribution in [0.5, 0.6) is 0 Å². The number of carbonyl (C=O) groups excluding carboxylic acids is 1. The van der Waals surface area contributed by atoms with E-state index in [0.29, 0.717) is 5.56 Å². The van der Waals surface area contributed by atoms with Gasteiger partial charge in [-0.3, -0.25) is 4.79 Å². The topological polar surface area (TPSA) is 54.0 Å². The molecule has 5 heteroatoms. The van der Waals surface area contributed by atoms with Crippen molar-refractivity contribution in [1.29, 1.82) is 0 Å². The fourth-order valence-corrected chi connectivity index (χ4v) is 2.75. The Hall–Kier alpha value is -1.88. The van der Waals surface area contributed by atoms with E-state index in [-0.39, 0.29) is 11.9 Å². The molecule has 1 heterocycles. The predicted octanol–water partition coefficient (Wildman–Crippen LogP) is 3.29. The molecule has 1 aromatic heterocycles. The number of aromatic nitrogens is 1. The Labute approximate surface area is 123 Å². The highest BCUT2D eigenvalue weighted by Crippen LogP contribution is 2.21. The number of rotatable bonds is 4. The van der Waals surface area contributed by atoms with Crippen molar-refractivity contribution in [2.45, 2.75) is 26.8 Å². The van der Waals surface area contributed by atoms with E-state index < -0.39 is 0 Å². The van der Waals surface area contributed by atoms with Crippen LogP contribution in [-0.4, -0.2) is 17.9 Å². The summed E-state index contributed by atoms with van der Waals surface area (Å²) in [6, 6.07) is 5.70.